The summed E-state index contributed by atoms with van der Waals surface area (Å²) < 4.78 is 41.7. The number of piperidine rings is 1. The first-order valence-corrected chi connectivity index (χ1v) is 9.90. The van der Waals surface area contributed by atoms with Crippen LogP contribution in [-0.2, 0) is 17.5 Å². The molecule has 0 aliphatic carbocycles. The number of alkyl halides is 3. The molecule has 3 aromatic rings. The molecule has 1 fully saturated rings. The number of aromatic nitrogens is 4. The van der Waals surface area contributed by atoms with Crippen molar-refractivity contribution in [1.82, 2.24) is 19.7 Å². The smallest absolute Gasteiger partial charge is 0.355 e. The van der Waals surface area contributed by atoms with E-state index in [0.717, 1.165) is 11.6 Å². The van der Waals surface area contributed by atoms with E-state index in [1.807, 2.05) is 12.1 Å². The number of anilines is 2. The summed E-state index contributed by atoms with van der Waals surface area (Å²) in [5.74, 6) is -0.450. The molecular formula is C21H21F3N6O. The van der Waals surface area contributed by atoms with Crippen molar-refractivity contribution in [2.24, 2.45) is 5.92 Å². The fraction of sp³-hybridized carbons (Fsp3) is 0.333. The molecule has 10 heteroatoms. The number of nitrogens with zero attached hydrogens (tertiary/aromatic N) is 5. The van der Waals surface area contributed by atoms with E-state index in [4.69, 9.17) is 0 Å². The van der Waals surface area contributed by atoms with Crippen molar-refractivity contribution in [3.63, 3.8) is 0 Å². The molecule has 7 nitrogen and oxygen atoms in total. The summed E-state index contributed by atoms with van der Waals surface area (Å²) in [6.45, 7) is 1.10. The molecule has 1 N–H and O–H groups in total. The molecule has 3 aromatic heterocycles. The maximum atomic E-state index is 13.3. The van der Waals surface area contributed by atoms with E-state index < -0.39 is 17.7 Å². The number of pyridine rings is 2. The highest BCUT2D eigenvalue weighted by atomic mass is 19.4. The number of carbonyl (C=O) groups is 1. The van der Waals surface area contributed by atoms with Gasteiger partial charge in [-0.25, -0.2) is 4.98 Å². The van der Waals surface area contributed by atoms with Gasteiger partial charge in [0.25, 0.3) is 0 Å². The Balaban J connectivity index is 1.41. The summed E-state index contributed by atoms with van der Waals surface area (Å²) >= 11 is 0. The summed E-state index contributed by atoms with van der Waals surface area (Å²) in [7, 11) is 0. The molecule has 1 amide bonds. The average Bonchev–Trinajstić information content (AvgIpc) is 3.20. The monoisotopic (exact) mass is 430 g/mol. The van der Waals surface area contributed by atoms with Crippen LogP contribution < -0.4 is 10.2 Å². The predicted molar refractivity (Wildman–Crippen MR) is 108 cm³/mol. The van der Waals surface area contributed by atoms with Crippen LogP contribution in [0.5, 0.6) is 0 Å². The minimum Gasteiger partial charge on any atom is -0.355 e. The topological polar surface area (TPSA) is 75.9 Å². The molecule has 1 aliphatic rings. The van der Waals surface area contributed by atoms with Crippen molar-refractivity contribution in [2.45, 2.75) is 25.6 Å². The summed E-state index contributed by atoms with van der Waals surface area (Å²) in [5.41, 5.74) is 0.187. The summed E-state index contributed by atoms with van der Waals surface area (Å²) in [6.07, 6.45) is 3.20. The normalized spacial score (nSPS) is 16.9. The van der Waals surface area contributed by atoms with E-state index in [1.165, 1.54) is 17.2 Å². The standard InChI is InChI=1S/C21H21F3N6O/c22-21(23,24)17-6-2-9-26-19(17)29-10-3-5-16(14-29)20(31)27-18-7-11-30(28-18)13-15-4-1-8-25-12-15/h1-2,4,6-9,11-12,16H,3,5,10,13-14H2,(H,27,28,31). The van der Waals surface area contributed by atoms with E-state index in [2.05, 4.69) is 20.4 Å². The summed E-state index contributed by atoms with van der Waals surface area (Å²) in [6, 6.07) is 7.73. The van der Waals surface area contributed by atoms with Gasteiger partial charge in [0.15, 0.2) is 5.82 Å². The predicted octanol–water partition coefficient (Wildman–Crippen LogP) is 3.60. The van der Waals surface area contributed by atoms with Crippen LogP contribution in [0.2, 0.25) is 0 Å². The summed E-state index contributed by atoms with van der Waals surface area (Å²) in [4.78, 5) is 22.3. The van der Waals surface area contributed by atoms with Crippen LogP contribution in [0, 0.1) is 5.92 Å². The highest BCUT2D eigenvalue weighted by molar-refractivity contribution is 5.92. The molecule has 4 heterocycles. The minimum atomic E-state index is -4.50. The molecule has 0 bridgehead atoms. The Morgan fingerprint density at radius 3 is 2.81 bits per heavy atom. The van der Waals surface area contributed by atoms with E-state index in [-0.39, 0.29) is 18.3 Å². The first kappa shape index (κ1) is 20.8. The molecule has 0 aromatic carbocycles. The molecule has 0 radical (unpaired) electrons. The second-order valence-electron chi connectivity index (χ2n) is 7.41. The molecule has 1 saturated heterocycles. The molecule has 0 spiro atoms. The highest BCUT2D eigenvalue weighted by Gasteiger charge is 2.37. The first-order chi connectivity index (χ1) is 14.9. The van der Waals surface area contributed by atoms with Gasteiger partial charge in [-0.2, -0.15) is 18.3 Å². The van der Waals surface area contributed by atoms with Crippen LogP contribution in [0.1, 0.15) is 24.0 Å². The average molecular weight is 430 g/mol. The third kappa shape index (κ3) is 5.01. The van der Waals surface area contributed by atoms with Crippen LogP contribution in [0.3, 0.4) is 0 Å². The minimum absolute atomic E-state index is 0.131. The van der Waals surface area contributed by atoms with Crippen molar-refractivity contribution in [2.75, 3.05) is 23.3 Å². The highest BCUT2D eigenvalue weighted by Crippen LogP contribution is 2.36. The van der Waals surface area contributed by atoms with Crippen LogP contribution in [0.25, 0.3) is 0 Å². The van der Waals surface area contributed by atoms with Gasteiger partial charge in [0.1, 0.15) is 5.82 Å². The van der Waals surface area contributed by atoms with Gasteiger partial charge in [-0.05, 0) is 36.6 Å². The van der Waals surface area contributed by atoms with Crippen LogP contribution in [0.4, 0.5) is 24.8 Å². The molecule has 4 rings (SSSR count). The lowest BCUT2D eigenvalue weighted by Crippen LogP contribution is -2.42. The van der Waals surface area contributed by atoms with Gasteiger partial charge in [0, 0.05) is 43.9 Å². The molecule has 1 aliphatic heterocycles. The zero-order valence-electron chi connectivity index (χ0n) is 16.6. The van der Waals surface area contributed by atoms with E-state index >= 15 is 0 Å². The lowest BCUT2D eigenvalue weighted by atomic mass is 9.96. The van der Waals surface area contributed by atoms with Gasteiger partial charge in [-0.15, -0.1) is 0 Å². The molecule has 1 unspecified atom stereocenters. The van der Waals surface area contributed by atoms with Gasteiger partial charge >= 0.3 is 6.18 Å². The molecular weight excluding hydrogens is 409 g/mol. The van der Waals surface area contributed by atoms with E-state index in [9.17, 15) is 18.0 Å². The SMILES string of the molecule is O=C(Nc1ccn(Cc2cccnc2)n1)C1CCCN(c2ncccc2C(F)(F)F)C1. The number of carbonyl (C=O) groups excluding carboxylic acids is 1. The Hall–Kier alpha value is -3.43. The van der Waals surface area contributed by atoms with E-state index in [1.54, 1.807) is 29.3 Å². The Morgan fingerprint density at radius 1 is 1.19 bits per heavy atom. The Kier molecular flexibility index (Phi) is 5.88. The lowest BCUT2D eigenvalue weighted by molar-refractivity contribution is -0.137. The van der Waals surface area contributed by atoms with Gasteiger partial charge in [0.2, 0.25) is 5.91 Å². The van der Waals surface area contributed by atoms with Crippen LogP contribution in [0.15, 0.2) is 55.1 Å². The van der Waals surface area contributed by atoms with Crippen LogP contribution >= 0.6 is 0 Å². The molecule has 31 heavy (non-hydrogen) atoms. The van der Waals surface area contributed by atoms with Crippen molar-refractivity contribution >= 4 is 17.5 Å². The fourth-order valence-electron chi connectivity index (χ4n) is 3.68. The van der Waals surface area contributed by atoms with Crippen molar-refractivity contribution in [3.05, 3.63) is 66.2 Å². The Morgan fingerprint density at radius 2 is 2.03 bits per heavy atom. The van der Waals surface area contributed by atoms with Gasteiger partial charge in [-0.3, -0.25) is 14.5 Å². The number of halogens is 3. The van der Waals surface area contributed by atoms with E-state index in [0.29, 0.717) is 31.7 Å². The largest absolute Gasteiger partial charge is 0.419 e. The Labute approximate surface area is 176 Å². The second kappa shape index (κ2) is 8.75. The maximum Gasteiger partial charge on any atom is 0.419 e. The zero-order valence-corrected chi connectivity index (χ0v) is 16.6. The fourth-order valence-corrected chi connectivity index (χ4v) is 3.68. The third-order valence-corrected chi connectivity index (χ3v) is 5.14. The molecule has 1 atom stereocenters. The first-order valence-electron chi connectivity index (χ1n) is 9.90. The van der Waals surface area contributed by atoms with Gasteiger partial charge in [0.05, 0.1) is 18.0 Å². The lowest BCUT2D eigenvalue weighted by Gasteiger charge is -2.34. The number of nitrogens with one attached hydrogen (secondary N) is 1. The number of hydrogen-bond acceptors (Lipinski definition) is 5. The quantitative estimate of drug-likeness (QED) is 0.670. The molecule has 0 saturated carbocycles. The van der Waals surface area contributed by atoms with Gasteiger partial charge in [-0.1, -0.05) is 6.07 Å². The third-order valence-electron chi connectivity index (χ3n) is 5.14. The Bertz CT molecular complexity index is 1040. The van der Waals surface area contributed by atoms with Crippen molar-refractivity contribution < 1.29 is 18.0 Å². The van der Waals surface area contributed by atoms with Gasteiger partial charge < -0.3 is 10.2 Å². The number of rotatable bonds is 5. The maximum absolute atomic E-state index is 13.3. The number of amides is 1. The number of hydrogen-bond donors (Lipinski definition) is 1. The second-order valence-corrected chi connectivity index (χ2v) is 7.41. The summed E-state index contributed by atoms with van der Waals surface area (Å²) in [5, 5.41) is 7.13. The van der Waals surface area contributed by atoms with Crippen molar-refractivity contribution in [1.29, 1.82) is 0 Å². The molecule has 162 valence electrons. The zero-order chi connectivity index (χ0) is 21.8. The van der Waals surface area contributed by atoms with Crippen molar-refractivity contribution in [3.8, 4) is 0 Å². The van der Waals surface area contributed by atoms with Crippen LogP contribution in [-0.4, -0.2) is 38.7 Å².